The van der Waals surface area contributed by atoms with Crippen LogP contribution in [0.15, 0.2) is 0 Å². The SMILES string of the molecule is CCCCCCCCCCCCCC(=O)OCC(COC(=O)CCCCCCCCCCC)OC(=O)CCCCCCCCCCCCC. The maximum atomic E-state index is 12.6. The first-order valence-electron chi connectivity index (χ1n) is 21.5. The van der Waals surface area contributed by atoms with Gasteiger partial charge in [0.2, 0.25) is 0 Å². The highest BCUT2D eigenvalue weighted by molar-refractivity contribution is 5.71. The lowest BCUT2D eigenvalue weighted by atomic mass is 10.1. The average molecular weight is 695 g/mol. The van der Waals surface area contributed by atoms with Gasteiger partial charge in [-0.2, -0.15) is 0 Å². The van der Waals surface area contributed by atoms with Crippen molar-refractivity contribution in [2.24, 2.45) is 0 Å². The minimum absolute atomic E-state index is 0.0633. The van der Waals surface area contributed by atoms with Crippen molar-refractivity contribution in [1.82, 2.24) is 0 Å². The van der Waals surface area contributed by atoms with E-state index >= 15 is 0 Å². The Morgan fingerprint density at radius 3 is 0.816 bits per heavy atom. The summed E-state index contributed by atoms with van der Waals surface area (Å²) in [6.45, 7) is 6.61. The fraction of sp³-hybridized carbons (Fsp3) is 0.930. The van der Waals surface area contributed by atoms with E-state index in [9.17, 15) is 14.4 Å². The van der Waals surface area contributed by atoms with Crippen molar-refractivity contribution in [3.63, 3.8) is 0 Å². The molecule has 49 heavy (non-hydrogen) atoms. The van der Waals surface area contributed by atoms with Crippen molar-refractivity contribution in [2.45, 2.75) is 245 Å². The zero-order chi connectivity index (χ0) is 35.9. The van der Waals surface area contributed by atoms with Gasteiger partial charge in [0, 0.05) is 19.3 Å². The van der Waals surface area contributed by atoms with E-state index in [0.29, 0.717) is 19.3 Å². The van der Waals surface area contributed by atoms with E-state index in [0.717, 1.165) is 57.8 Å². The highest BCUT2D eigenvalue weighted by Crippen LogP contribution is 2.15. The number of rotatable bonds is 39. The molecule has 0 aliphatic heterocycles. The van der Waals surface area contributed by atoms with Gasteiger partial charge in [-0.25, -0.2) is 0 Å². The Morgan fingerprint density at radius 2 is 0.551 bits per heavy atom. The topological polar surface area (TPSA) is 78.9 Å². The summed E-state index contributed by atoms with van der Waals surface area (Å²) in [6, 6.07) is 0. The molecule has 0 heterocycles. The molecule has 6 nitrogen and oxygen atoms in total. The lowest BCUT2D eigenvalue weighted by Gasteiger charge is -2.18. The second-order valence-corrected chi connectivity index (χ2v) is 14.6. The second kappa shape index (κ2) is 39.2. The molecule has 0 aromatic carbocycles. The Bertz CT molecular complexity index is 723. The minimum Gasteiger partial charge on any atom is -0.462 e. The number of unbranched alkanes of at least 4 members (excludes halogenated alkanes) is 28. The van der Waals surface area contributed by atoms with Crippen molar-refractivity contribution >= 4 is 17.9 Å². The molecule has 0 saturated heterocycles. The monoisotopic (exact) mass is 695 g/mol. The third-order valence-corrected chi connectivity index (χ3v) is 9.61. The Labute approximate surface area is 304 Å². The molecule has 290 valence electrons. The molecule has 0 fully saturated rings. The predicted molar refractivity (Wildman–Crippen MR) is 206 cm³/mol. The van der Waals surface area contributed by atoms with Crippen molar-refractivity contribution in [1.29, 1.82) is 0 Å². The smallest absolute Gasteiger partial charge is 0.306 e. The zero-order valence-electron chi connectivity index (χ0n) is 33.0. The van der Waals surface area contributed by atoms with Gasteiger partial charge >= 0.3 is 17.9 Å². The standard InChI is InChI=1S/C43H82O6/c1-4-7-10-13-16-19-21-24-27-30-33-36-42(45)48-39-40(38-47-41(44)35-32-29-26-23-18-15-12-9-6-3)49-43(46)37-34-31-28-25-22-20-17-14-11-8-5-2/h40H,4-39H2,1-3H3. The van der Waals surface area contributed by atoms with E-state index in [1.165, 1.54) is 141 Å². The highest BCUT2D eigenvalue weighted by atomic mass is 16.6. The average Bonchev–Trinajstić information content (AvgIpc) is 3.10. The van der Waals surface area contributed by atoms with Crippen molar-refractivity contribution in [3.05, 3.63) is 0 Å². The molecule has 0 saturated carbocycles. The van der Waals surface area contributed by atoms with E-state index in [-0.39, 0.29) is 31.1 Å². The van der Waals surface area contributed by atoms with E-state index in [1.807, 2.05) is 0 Å². The molecule has 0 aromatic heterocycles. The summed E-state index contributed by atoms with van der Waals surface area (Å²) in [5, 5.41) is 0. The molecule has 6 heteroatoms. The minimum atomic E-state index is -0.756. The summed E-state index contributed by atoms with van der Waals surface area (Å²) in [7, 11) is 0. The molecule has 1 unspecified atom stereocenters. The fourth-order valence-corrected chi connectivity index (χ4v) is 6.32. The van der Waals surface area contributed by atoms with Crippen LogP contribution in [0.1, 0.15) is 239 Å². The summed E-state index contributed by atoms with van der Waals surface area (Å²) >= 11 is 0. The first kappa shape index (κ1) is 47.4. The van der Waals surface area contributed by atoms with Gasteiger partial charge in [-0.05, 0) is 19.3 Å². The molecule has 0 spiro atoms. The van der Waals surface area contributed by atoms with Gasteiger partial charge in [0.05, 0.1) is 0 Å². The molecule has 1 atom stereocenters. The second-order valence-electron chi connectivity index (χ2n) is 14.6. The van der Waals surface area contributed by atoms with Gasteiger partial charge in [-0.3, -0.25) is 14.4 Å². The van der Waals surface area contributed by atoms with Crippen LogP contribution < -0.4 is 0 Å². The summed E-state index contributed by atoms with van der Waals surface area (Å²) < 4.78 is 16.6. The molecular weight excluding hydrogens is 612 g/mol. The Balaban J connectivity index is 4.33. The van der Waals surface area contributed by atoms with Crippen LogP contribution in [0, 0.1) is 0 Å². The fourth-order valence-electron chi connectivity index (χ4n) is 6.32. The Hall–Kier alpha value is -1.59. The maximum Gasteiger partial charge on any atom is 0.306 e. The van der Waals surface area contributed by atoms with Gasteiger partial charge in [0.1, 0.15) is 13.2 Å². The molecular formula is C43H82O6. The number of ether oxygens (including phenoxy) is 3. The van der Waals surface area contributed by atoms with Crippen molar-refractivity contribution < 1.29 is 28.6 Å². The summed E-state index contributed by atoms with van der Waals surface area (Å²) in [5.41, 5.74) is 0. The lowest BCUT2D eigenvalue weighted by molar-refractivity contribution is -0.167. The van der Waals surface area contributed by atoms with Crippen LogP contribution >= 0.6 is 0 Å². The van der Waals surface area contributed by atoms with E-state index < -0.39 is 6.10 Å². The van der Waals surface area contributed by atoms with Gasteiger partial charge in [-0.15, -0.1) is 0 Å². The van der Waals surface area contributed by atoms with Crippen LogP contribution in [-0.2, 0) is 28.6 Å². The van der Waals surface area contributed by atoms with Crippen molar-refractivity contribution in [2.75, 3.05) is 13.2 Å². The highest BCUT2D eigenvalue weighted by Gasteiger charge is 2.19. The van der Waals surface area contributed by atoms with Crippen LogP contribution in [0.4, 0.5) is 0 Å². The molecule has 0 aliphatic rings. The Morgan fingerprint density at radius 1 is 0.327 bits per heavy atom. The van der Waals surface area contributed by atoms with E-state index in [2.05, 4.69) is 20.8 Å². The van der Waals surface area contributed by atoms with Crippen LogP contribution in [-0.4, -0.2) is 37.2 Å². The van der Waals surface area contributed by atoms with Crippen LogP contribution in [0.3, 0.4) is 0 Å². The lowest BCUT2D eigenvalue weighted by Crippen LogP contribution is -2.30. The number of hydrogen-bond acceptors (Lipinski definition) is 6. The van der Waals surface area contributed by atoms with Crippen LogP contribution in [0.2, 0.25) is 0 Å². The molecule has 0 rings (SSSR count). The number of esters is 3. The van der Waals surface area contributed by atoms with Gasteiger partial charge in [0.15, 0.2) is 6.10 Å². The normalized spacial score (nSPS) is 11.8. The van der Waals surface area contributed by atoms with E-state index in [4.69, 9.17) is 14.2 Å². The van der Waals surface area contributed by atoms with Gasteiger partial charge < -0.3 is 14.2 Å². The van der Waals surface area contributed by atoms with Crippen LogP contribution in [0.5, 0.6) is 0 Å². The first-order valence-corrected chi connectivity index (χ1v) is 21.5. The zero-order valence-corrected chi connectivity index (χ0v) is 33.0. The van der Waals surface area contributed by atoms with E-state index in [1.54, 1.807) is 0 Å². The van der Waals surface area contributed by atoms with Gasteiger partial charge in [0.25, 0.3) is 0 Å². The first-order chi connectivity index (χ1) is 24.0. The molecule has 0 bridgehead atoms. The molecule has 0 aliphatic carbocycles. The predicted octanol–water partition coefficient (Wildman–Crippen LogP) is 13.3. The molecule has 0 N–H and O–H groups in total. The summed E-state index contributed by atoms with van der Waals surface area (Å²) in [4.78, 5) is 37.5. The molecule has 0 amide bonds. The molecule has 0 radical (unpaired) electrons. The summed E-state index contributed by atoms with van der Waals surface area (Å²) in [6.07, 6.45) is 37.9. The summed E-state index contributed by atoms with van der Waals surface area (Å²) in [5.74, 6) is -0.859. The van der Waals surface area contributed by atoms with Crippen LogP contribution in [0.25, 0.3) is 0 Å². The quantitative estimate of drug-likeness (QED) is 0.0362. The van der Waals surface area contributed by atoms with Gasteiger partial charge in [-0.1, -0.05) is 201 Å². The third-order valence-electron chi connectivity index (χ3n) is 9.61. The molecule has 0 aromatic rings. The third kappa shape index (κ3) is 37.5. The maximum absolute atomic E-state index is 12.6. The number of hydrogen-bond donors (Lipinski definition) is 0. The Kier molecular flexibility index (Phi) is 37.9. The number of carbonyl (C=O) groups is 3. The number of carbonyl (C=O) groups excluding carboxylic acids is 3. The van der Waals surface area contributed by atoms with Crippen molar-refractivity contribution in [3.8, 4) is 0 Å². The largest absolute Gasteiger partial charge is 0.462 e.